The summed E-state index contributed by atoms with van der Waals surface area (Å²) in [6.07, 6.45) is 0.618. The van der Waals surface area contributed by atoms with Crippen molar-refractivity contribution in [1.82, 2.24) is 4.90 Å². The van der Waals surface area contributed by atoms with Gasteiger partial charge in [0, 0.05) is 0 Å². The van der Waals surface area contributed by atoms with Gasteiger partial charge in [-0.2, -0.15) is 0 Å². The minimum absolute atomic E-state index is 0.157. The van der Waals surface area contributed by atoms with Crippen LogP contribution < -0.4 is 21.6 Å². The van der Waals surface area contributed by atoms with Gasteiger partial charge >= 0.3 is 165 Å². The van der Waals surface area contributed by atoms with E-state index in [0.29, 0.717) is 13.0 Å². The first-order valence-corrected chi connectivity index (χ1v) is 11.5. The van der Waals surface area contributed by atoms with Crippen molar-refractivity contribution in [2.24, 2.45) is 5.73 Å². The molecule has 4 rings (SSSR count). The van der Waals surface area contributed by atoms with Crippen LogP contribution in [0.5, 0.6) is 0 Å². The topological polar surface area (TPSA) is 63.4 Å². The summed E-state index contributed by atoms with van der Waals surface area (Å²) < 4.78 is 0. The van der Waals surface area contributed by atoms with Crippen LogP contribution in [0.2, 0.25) is 0 Å². The fraction of sp³-hybridized carbons (Fsp3) is 0.130. The first kappa shape index (κ1) is 18.4. The van der Waals surface area contributed by atoms with Gasteiger partial charge in [0.1, 0.15) is 0 Å². The molecule has 0 spiro atoms. The van der Waals surface area contributed by atoms with Crippen molar-refractivity contribution in [3.8, 4) is 0 Å². The second-order valence-electron chi connectivity index (χ2n) is 7.08. The molecule has 1 atom stereocenters. The summed E-state index contributed by atoms with van der Waals surface area (Å²) in [7, 11) is -2.74. The van der Waals surface area contributed by atoms with E-state index in [-0.39, 0.29) is 11.6 Å². The van der Waals surface area contributed by atoms with E-state index >= 15 is 0 Å². The van der Waals surface area contributed by atoms with Gasteiger partial charge in [-0.3, -0.25) is 0 Å². The van der Waals surface area contributed by atoms with Crippen LogP contribution in [0.15, 0.2) is 91.0 Å². The molecule has 3 amide bonds. The summed E-state index contributed by atoms with van der Waals surface area (Å²) >= 11 is 0. The number of benzene rings is 3. The molecule has 3 aromatic carbocycles. The molecule has 4 nitrogen and oxygen atoms in total. The van der Waals surface area contributed by atoms with Gasteiger partial charge in [0.25, 0.3) is 0 Å². The van der Waals surface area contributed by atoms with Crippen LogP contribution >= 0.6 is 7.26 Å². The molecule has 5 heteroatoms. The fourth-order valence-corrected chi connectivity index (χ4v) is 9.96. The standard InChI is InChI=1S/C23H23N2O2P/c24-23(27)25-17-16-21(22(25)26)28(18-10-4-1-5-11-18,19-12-6-2-7-13-19)20-14-8-3-9-15-20/h1-15,21,28H,16-17H2,(H2,24,27). The van der Waals surface area contributed by atoms with Crippen LogP contribution in [0.25, 0.3) is 0 Å². The van der Waals surface area contributed by atoms with E-state index in [9.17, 15) is 9.59 Å². The molecule has 1 heterocycles. The molecule has 1 aliphatic rings. The Morgan fingerprint density at radius 3 is 1.50 bits per heavy atom. The van der Waals surface area contributed by atoms with Crippen LogP contribution in [0.4, 0.5) is 4.79 Å². The van der Waals surface area contributed by atoms with Crippen molar-refractivity contribution in [2.75, 3.05) is 6.54 Å². The number of nitrogens with two attached hydrogens (primary N) is 1. The molecule has 142 valence electrons. The number of rotatable bonds is 4. The zero-order chi connectivity index (χ0) is 19.6. The third kappa shape index (κ3) is 2.90. The molecule has 2 N–H and O–H groups in total. The molecular weight excluding hydrogens is 367 g/mol. The predicted octanol–water partition coefficient (Wildman–Crippen LogP) is 2.39. The number of carbonyl (C=O) groups excluding carboxylic acids is 2. The van der Waals surface area contributed by atoms with Gasteiger partial charge < -0.3 is 0 Å². The molecule has 3 aromatic rings. The average molecular weight is 390 g/mol. The summed E-state index contributed by atoms with van der Waals surface area (Å²) in [6.45, 7) is 0.375. The normalized spacial score (nSPS) is 17.5. The Hall–Kier alpha value is -2.97. The molecule has 0 bridgehead atoms. The SMILES string of the molecule is NC(=O)N1CCC([PH](c2ccccc2)(c2ccccc2)c2ccccc2)C1=O. The molecule has 0 saturated carbocycles. The first-order valence-electron chi connectivity index (χ1n) is 9.43. The van der Waals surface area contributed by atoms with Crippen LogP contribution in [-0.4, -0.2) is 29.0 Å². The number of hydrogen-bond acceptors (Lipinski definition) is 2. The van der Waals surface area contributed by atoms with Gasteiger partial charge in [-0.1, -0.05) is 0 Å². The van der Waals surface area contributed by atoms with Crippen molar-refractivity contribution in [3.63, 3.8) is 0 Å². The van der Waals surface area contributed by atoms with Crippen LogP contribution in [0, 0.1) is 0 Å². The van der Waals surface area contributed by atoms with Crippen molar-refractivity contribution >= 4 is 35.1 Å². The predicted molar refractivity (Wildman–Crippen MR) is 116 cm³/mol. The zero-order valence-electron chi connectivity index (χ0n) is 15.5. The molecule has 28 heavy (non-hydrogen) atoms. The number of likely N-dealkylation sites (tertiary alicyclic amines) is 1. The number of carbonyl (C=O) groups is 2. The van der Waals surface area contributed by atoms with Gasteiger partial charge in [0.2, 0.25) is 0 Å². The number of nitrogens with zero attached hydrogens (tertiary/aromatic N) is 1. The third-order valence-corrected chi connectivity index (χ3v) is 11.0. The van der Waals surface area contributed by atoms with Crippen LogP contribution in [-0.2, 0) is 4.79 Å². The third-order valence-electron chi connectivity index (χ3n) is 5.68. The van der Waals surface area contributed by atoms with E-state index < -0.39 is 13.3 Å². The van der Waals surface area contributed by atoms with Crippen LogP contribution in [0.1, 0.15) is 6.42 Å². The molecule has 1 fully saturated rings. The summed E-state index contributed by atoms with van der Waals surface area (Å²) in [5.41, 5.74) is 5.21. The molecule has 0 aromatic heterocycles. The number of urea groups is 1. The van der Waals surface area contributed by atoms with Crippen molar-refractivity contribution in [1.29, 1.82) is 0 Å². The summed E-state index contributed by atoms with van der Waals surface area (Å²) in [5, 5.41) is 3.49. The quantitative estimate of drug-likeness (QED) is 0.696. The Balaban J connectivity index is 2.03. The van der Waals surface area contributed by atoms with Crippen LogP contribution in [0.3, 0.4) is 0 Å². The maximum atomic E-state index is 13.4. The number of imide groups is 1. The minimum atomic E-state index is -2.74. The number of amides is 3. The Labute approximate surface area is 165 Å². The van der Waals surface area contributed by atoms with Gasteiger partial charge in [-0.05, 0) is 0 Å². The summed E-state index contributed by atoms with van der Waals surface area (Å²) in [5.74, 6) is -0.157. The summed E-state index contributed by atoms with van der Waals surface area (Å²) in [4.78, 5) is 26.4. The molecule has 0 aliphatic carbocycles. The number of primary amides is 1. The van der Waals surface area contributed by atoms with Crippen molar-refractivity contribution < 1.29 is 9.59 Å². The van der Waals surface area contributed by atoms with E-state index in [1.165, 1.54) is 4.90 Å². The second-order valence-corrected chi connectivity index (χ2v) is 11.1. The van der Waals surface area contributed by atoms with Gasteiger partial charge in [-0.15, -0.1) is 0 Å². The monoisotopic (exact) mass is 390 g/mol. The first-order chi connectivity index (χ1) is 13.7. The molecular formula is C23H23N2O2P. The Morgan fingerprint density at radius 2 is 1.18 bits per heavy atom. The second kappa shape index (κ2) is 7.57. The van der Waals surface area contributed by atoms with E-state index in [2.05, 4.69) is 36.4 Å². The Morgan fingerprint density at radius 1 is 0.786 bits per heavy atom. The summed E-state index contributed by atoms with van der Waals surface area (Å²) in [6, 6.07) is 30.1. The fourth-order valence-electron chi connectivity index (χ4n) is 4.51. The van der Waals surface area contributed by atoms with Gasteiger partial charge in [-0.25, -0.2) is 0 Å². The molecule has 1 unspecified atom stereocenters. The van der Waals surface area contributed by atoms with E-state index in [4.69, 9.17) is 5.73 Å². The van der Waals surface area contributed by atoms with Gasteiger partial charge in [0.15, 0.2) is 0 Å². The van der Waals surface area contributed by atoms with E-state index in [0.717, 1.165) is 15.9 Å². The van der Waals surface area contributed by atoms with E-state index in [1.54, 1.807) is 0 Å². The Bertz CT molecular complexity index is 881. The average Bonchev–Trinajstić information content (AvgIpc) is 3.13. The van der Waals surface area contributed by atoms with E-state index in [1.807, 2.05) is 54.6 Å². The molecule has 1 aliphatic heterocycles. The number of hydrogen-bond donors (Lipinski definition) is 1. The Kier molecular flexibility index (Phi) is 4.97. The van der Waals surface area contributed by atoms with Crippen molar-refractivity contribution in [3.05, 3.63) is 91.0 Å². The van der Waals surface area contributed by atoms with Crippen molar-refractivity contribution in [2.45, 2.75) is 12.1 Å². The van der Waals surface area contributed by atoms with Gasteiger partial charge in [0.05, 0.1) is 0 Å². The zero-order valence-corrected chi connectivity index (χ0v) is 16.5. The molecule has 0 radical (unpaired) electrons. The maximum absolute atomic E-state index is 13.4. The molecule has 1 saturated heterocycles.